The molecule has 0 saturated carbocycles. The Balaban J connectivity index is 2.28. The summed E-state index contributed by atoms with van der Waals surface area (Å²) in [5.41, 5.74) is 1.37. The Labute approximate surface area is 87.6 Å². The molecule has 14 heavy (non-hydrogen) atoms. The second kappa shape index (κ2) is 3.73. The van der Waals surface area contributed by atoms with Crippen LogP contribution in [0.3, 0.4) is 0 Å². The van der Waals surface area contributed by atoms with Crippen LogP contribution in [-0.4, -0.2) is 11.1 Å². The summed E-state index contributed by atoms with van der Waals surface area (Å²) in [4.78, 5) is 12.2. The van der Waals surface area contributed by atoms with E-state index in [1.165, 1.54) is 10.4 Å². The molecule has 0 aliphatic heterocycles. The SMILES string of the molecule is CC(C(=O)O)C1CCCc2ccsc21. The lowest BCUT2D eigenvalue weighted by Gasteiger charge is -2.25. The molecule has 0 aromatic carbocycles. The van der Waals surface area contributed by atoms with Gasteiger partial charge < -0.3 is 5.11 Å². The Morgan fingerprint density at radius 3 is 3.21 bits per heavy atom. The lowest BCUT2D eigenvalue weighted by atomic mass is 9.81. The van der Waals surface area contributed by atoms with E-state index in [1.54, 1.807) is 11.3 Å². The summed E-state index contributed by atoms with van der Waals surface area (Å²) in [5.74, 6) is -0.666. The molecule has 0 amide bonds. The number of aryl methyl sites for hydroxylation is 1. The van der Waals surface area contributed by atoms with E-state index >= 15 is 0 Å². The first-order valence-electron chi connectivity index (χ1n) is 4.99. The highest BCUT2D eigenvalue weighted by Crippen LogP contribution is 2.39. The normalized spacial score (nSPS) is 22.8. The van der Waals surface area contributed by atoms with Gasteiger partial charge in [-0.2, -0.15) is 0 Å². The van der Waals surface area contributed by atoms with E-state index in [0.29, 0.717) is 0 Å². The molecule has 3 heteroatoms. The first kappa shape index (κ1) is 9.71. The Bertz CT molecular complexity index is 343. The van der Waals surface area contributed by atoms with Crippen molar-refractivity contribution in [1.82, 2.24) is 0 Å². The van der Waals surface area contributed by atoms with Gasteiger partial charge in [0.25, 0.3) is 0 Å². The molecule has 1 aromatic rings. The summed E-state index contributed by atoms with van der Waals surface area (Å²) in [5, 5.41) is 11.1. The van der Waals surface area contributed by atoms with Crippen LogP contribution in [0.15, 0.2) is 11.4 Å². The van der Waals surface area contributed by atoms with E-state index < -0.39 is 5.97 Å². The van der Waals surface area contributed by atoms with Gasteiger partial charge in [0.1, 0.15) is 0 Å². The number of hydrogen-bond acceptors (Lipinski definition) is 2. The van der Waals surface area contributed by atoms with Crippen LogP contribution >= 0.6 is 11.3 Å². The molecule has 1 aliphatic rings. The van der Waals surface area contributed by atoms with Crippen molar-refractivity contribution in [3.05, 3.63) is 21.9 Å². The summed E-state index contributed by atoms with van der Waals surface area (Å²) in [7, 11) is 0. The molecule has 2 atom stereocenters. The monoisotopic (exact) mass is 210 g/mol. The molecule has 76 valence electrons. The Hall–Kier alpha value is -0.830. The molecule has 2 nitrogen and oxygen atoms in total. The van der Waals surface area contributed by atoms with Crippen LogP contribution in [0.1, 0.15) is 36.1 Å². The van der Waals surface area contributed by atoms with Crippen molar-refractivity contribution in [3.63, 3.8) is 0 Å². The van der Waals surface area contributed by atoms with Crippen LogP contribution in [0.4, 0.5) is 0 Å². The minimum absolute atomic E-state index is 0.243. The van der Waals surface area contributed by atoms with Crippen molar-refractivity contribution >= 4 is 17.3 Å². The number of fused-ring (bicyclic) bond motifs is 1. The van der Waals surface area contributed by atoms with Crippen LogP contribution in [0.2, 0.25) is 0 Å². The first-order valence-corrected chi connectivity index (χ1v) is 5.87. The van der Waals surface area contributed by atoms with Gasteiger partial charge in [-0.3, -0.25) is 4.79 Å². The molecule has 0 fully saturated rings. The van der Waals surface area contributed by atoms with E-state index in [1.807, 2.05) is 6.92 Å². The summed E-state index contributed by atoms with van der Waals surface area (Å²) < 4.78 is 0. The Kier molecular flexibility index (Phi) is 2.59. The van der Waals surface area contributed by atoms with Crippen molar-refractivity contribution in [2.24, 2.45) is 5.92 Å². The smallest absolute Gasteiger partial charge is 0.306 e. The average Bonchev–Trinajstić information content (AvgIpc) is 2.63. The van der Waals surface area contributed by atoms with Crippen molar-refractivity contribution < 1.29 is 9.90 Å². The van der Waals surface area contributed by atoms with E-state index in [0.717, 1.165) is 19.3 Å². The third kappa shape index (κ3) is 1.57. The molecule has 0 spiro atoms. The topological polar surface area (TPSA) is 37.3 Å². The second-order valence-corrected chi connectivity index (χ2v) is 4.88. The number of hydrogen-bond donors (Lipinski definition) is 1. The highest BCUT2D eigenvalue weighted by molar-refractivity contribution is 7.10. The van der Waals surface area contributed by atoms with Crippen LogP contribution in [0.5, 0.6) is 0 Å². The number of carbonyl (C=O) groups is 1. The zero-order chi connectivity index (χ0) is 10.1. The number of carboxylic acids is 1. The van der Waals surface area contributed by atoms with Crippen LogP contribution in [-0.2, 0) is 11.2 Å². The molecule has 0 saturated heterocycles. The largest absolute Gasteiger partial charge is 0.481 e. The van der Waals surface area contributed by atoms with Gasteiger partial charge in [-0.15, -0.1) is 11.3 Å². The van der Waals surface area contributed by atoms with Crippen LogP contribution in [0.25, 0.3) is 0 Å². The first-order chi connectivity index (χ1) is 6.70. The molecule has 0 radical (unpaired) electrons. The maximum atomic E-state index is 10.9. The van der Waals surface area contributed by atoms with Gasteiger partial charge in [-0.05, 0) is 36.3 Å². The fourth-order valence-corrected chi connectivity index (χ4v) is 3.37. The van der Waals surface area contributed by atoms with Crippen molar-refractivity contribution in [3.8, 4) is 0 Å². The fourth-order valence-electron chi connectivity index (χ4n) is 2.17. The quantitative estimate of drug-likeness (QED) is 0.815. The van der Waals surface area contributed by atoms with Gasteiger partial charge in [-0.1, -0.05) is 6.92 Å². The second-order valence-electron chi connectivity index (χ2n) is 3.94. The zero-order valence-electron chi connectivity index (χ0n) is 8.19. The summed E-state index contributed by atoms with van der Waals surface area (Å²) >= 11 is 1.72. The van der Waals surface area contributed by atoms with E-state index in [2.05, 4.69) is 11.4 Å². The molecule has 0 bridgehead atoms. The predicted molar refractivity (Wildman–Crippen MR) is 56.8 cm³/mol. The highest BCUT2D eigenvalue weighted by Gasteiger charge is 2.30. The van der Waals surface area contributed by atoms with Crippen LogP contribution in [0, 0.1) is 5.92 Å². The molecule has 1 heterocycles. The zero-order valence-corrected chi connectivity index (χ0v) is 9.01. The van der Waals surface area contributed by atoms with Gasteiger partial charge in [-0.25, -0.2) is 0 Å². The standard InChI is InChI=1S/C11H14O2S/c1-7(11(12)13)9-4-2-3-8-5-6-14-10(8)9/h5-7,9H,2-4H2,1H3,(H,12,13). The fraction of sp³-hybridized carbons (Fsp3) is 0.545. The van der Waals surface area contributed by atoms with Gasteiger partial charge in [0.15, 0.2) is 0 Å². The van der Waals surface area contributed by atoms with E-state index in [-0.39, 0.29) is 11.8 Å². The lowest BCUT2D eigenvalue weighted by molar-refractivity contribution is -0.142. The van der Waals surface area contributed by atoms with Crippen molar-refractivity contribution in [2.45, 2.75) is 32.1 Å². The lowest BCUT2D eigenvalue weighted by Crippen LogP contribution is -2.21. The van der Waals surface area contributed by atoms with Gasteiger partial charge >= 0.3 is 5.97 Å². The molecule has 1 N–H and O–H groups in total. The number of thiophene rings is 1. The number of rotatable bonds is 2. The van der Waals surface area contributed by atoms with Crippen molar-refractivity contribution in [1.29, 1.82) is 0 Å². The Morgan fingerprint density at radius 1 is 1.71 bits per heavy atom. The number of carboxylic acid groups (broad SMARTS) is 1. The molecule has 2 rings (SSSR count). The van der Waals surface area contributed by atoms with E-state index in [4.69, 9.17) is 5.11 Å². The number of aliphatic carboxylic acids is 1. The maximum absolute atomic E-state index is 10.9. The molecule has 1 aliphatic carbocycles. The molecule has 1 aromatic heterocycles. The molecular formula is C11H14O2S. The Morgan fingerprint density at radius 2 is 2.50 bits per heavy atom. The maximum Gasteiger partial charge on any atom is 0.306 e. The van der Waals surface area contributed by atoms with Crippen molar-refractivity contribution in [2.75, 3.05) is 0 Å². The minimum atomic E-state index is -0.670. The van der Waals surface area contributed by atoms with Gasteiger partial charge in [0.05, 0.1) is 5.92 Å². The molecule has 2 unspecified atom stereocenters. The predicted octanol–water partition coefficient (Wildman–Crippen LogP) is 2.89. The minimum Gasteiger partial charge on any atom is -0.481 e. The molecular weight excluding hydrogens is 196 g/mol. The van der Waals surface area contributed by atoms with Gasteiger partial charge in [0, 0.05) is 10.8 Å². The summed E-state index contributed by atoms with van der Waals surface area (Å²) in [6.45, 7) is 1.82. The highest BCUT2D eigenvalue weighted by atomic mass is 32.1. The average molecular weight is 210 g/mol. The summed E-state index contributed by atoms with van der Waals surface area (Å²) in [6, 6.07) is 2.14. The van der Waals surface area contributed by atoms with Gasteiger partial charge in [0.2, 0.25) is 0 Å². The third-order valence-electron chi connectivity index (χ3n) is 3.07. The summed E-state index contributed by atoms with van der Waals surface area (Å²) in [6.07, 6.45) is 3.29. The van der Waals surface area contributed by atoms with Crippen LogP contribution < -0.4 is 0 Å². The third-order valence-corrected chi connectivity index (χ3v) is 4.16. The van der Waals surface area contributed by atoms with E-state index in [9.17, 15) is 4.79 Å².